The van der Waals surface area contributed by atoms with Crippen molar-refractivity contribution >= 4 is 17.8 Å². The SMILES string of the molecule is COCCN1C[C@@H](NC(=O)Nc2c(C)c(-c3ccnc(C(=O)NO)c3)nn2-c2ccccc2)[C@H](c2ccc(F)c(F)c2)O1. The molecule has 3 amide bonds. The van der Waals surface area contributed by atoms with Crippen LogP contribution in [0.3, 0.4) is 0 Å². The average molecular weight is 594 g/mol. The number of hydroxylamine groups is 3. The van der Waals surface area contributed by atoms with Gasteiger partial charge in [-0.25, -0.2) is 23.7 Å². The Bertz CT molecular complexity index is 1620. The van der Waals surface area contributed by atoms with Gasteiger partial charge in [0.25, 0.3) is 5.91 Å². The fourth-order valence-electron chi connectivity index (χ4n) is 4.78. The maximum atomic E-state index is 14.1. The molecular weight excluding hydrogens is 564 g/mol. The molecule has 1 aliphatic heterocycles. The van der Waals surface area contributed by atoms with Gasteiger partial charge in [-0.3, -0.25) is 25.1 Å². The molecule has 0 saturated carbocycles. The first-order chi connectivity index (χ1) is 20.8. The van der Waals surface area contributed by atoms with Gasteiger partial charge in [-0.2, -0.15) is 10.2 Å². The van der Waals surface area contributed by atoms with Crippen molar-refractivity contribution in [2.75, 3.05) is 32.1 Å². The second kappa shape index (κ2) is 13.0. The Morgan fingerprint density at radius 3 is 2.63 bits per heavy atom. The summed E-state index contributed by atoms with van der Waals surface area (Å²) < 4.78 is 34.4. The Balaban J connectivity index is 1.45. The number of nitrogens with one attached hydrogen (secondary N) is 3. The zero-order valence-electron chi connectivity index (χ0n) is 23.3. The highest BCUT2D eigenvalue weighted by Gasteiger charge is 2.37. The van der Waals surface area contributed by atoms with E-state index in [-0.39, 0.29) is 12.2 Å². The third-order valence-corrected chi connectivity index (χ3v) is 6.88. The van der Waals surface area contributed by atoms with Crippen LogP contribution in [-0.4, -0.2) is 69.8 Å². The topological polar surface area (TPSA) is 143 Å². The molecule has 224 valence electrons. The number of hydrogen-bond acceptors (Lipinski definition) is 8. The highest BCUT2D eigenvalue weighted by atomic mass is 19.2. The first-order valence-corrected chi connectivity index (χ1v) is 13.3. The molecule has 43 heavy (non-hydrogen) atoms. The molecule has 2 aromatic carbocycles. The number of hydrogen-bond donors (Lipinski definition) is 4. The molecule has 4 N–H and O–H groups in total. The van der Waals surface area contributed by atoms with Crippen molar-refractivity contribution in [3.63, 3.8) is 0 Å². The normalized spacial score (nSPS) is 16.7. The second-order valence-corrected chi connectivity index (χ2v) is 9.73. The average Bonchev–Trinajstić information content (AvgIpc) is 3.57. The standard InChI is InChI=1S/C29H29F2N7O5/c1-17-25(18-10-11-32-23(15-18)28(39)36-41)35-38(20-6-4-3-5-7-20)27(17)34-29(40)33-24-16-37(12-13-42-2)43-26(24)19-8-9-21(30)22(31)14-19/h3-11,14-15,24,26,41H,12-13,16H2,1-2H3,(H,36,39)(H2,33,34,40)/t24-,26+/m1/s1. The van der Waals surface area contributed by atoms with E-state index in [1.54, 1.807) is 35.3 Å². The number of anilines is 1. The molecule has 14 heteroatoms. The number of carbonyl (C=O) groups is 2. The minimum atomic E-state index is -1.02. The molecule has 0 spiro atoms. The van der Waals surface area contributed by atoms with Crippen LogP contribution in [-0.2, 0) is 9.57 Å². The van der Waals surface area contributed by atoms with E-state index in [0.29, 0.717) is 47.0 Å². The predicted octanol–water partition coefficient (Wildman–Crippen LogP) is 3.76. The van der Waals surface area contributed by atoms with Crippen LogP contribution in [0.5, 0.6) is 0 Å². The van der Waals surface area contributed by atoms with Crippen molar-refractivity contribution < 1.29 is 33.2 Å². The number of halogens is 2. The molecule has 2 atom stereocenters. The van der Waals surface area contributed by atoms with Crippen molar-refractivity contribution in [3.8, 4) is 16.9 Å². The molecule has 1 aliphatic rings. The van der Waals surface area contributed by atoms with Gasteiger partial charge in [0.1, 0.15) is 17.6 Å². The summed E-state index contributed by atoms with van der Waals surface area (Å²) in [5, 5.41) is 21.1. The first kappa shape index (κ1) is 29.7. The lowest BCUT2D eigenvalue weighted by Crippen LogP contribution is -2.42. The van der Waals surface area contributed by atoms with Crippen molar-refractivity contribution in [2.45, 2.75) is 19.1 Å². The molecule has 4 aromatic rings. The summed E-state index contributed by atoms with van der Waals surface area (Å²) in [4.78, 5) is 35.4. The van der Waals surface area contributed by atoms with Gasteiger partial charge in [-0.15, -0.1) is 0 Å². The van der Waals surface area contributed by atoms with Gasteiger partial charge < -0.3 is 10.1 Å². The van der Waals surface area contributed by atoms with E-state index in [1.165, 1.54) is 18.3 Å². The van der Waals surface area contributed by atoms with Crippen LogP contribution in [0, 0.1) is 18.6 Å². The Hall–Kier alpha value is -4.76. The number of benzene rings is 2. The molecule has 3 heterocycles. The fraction of sp³-hybridized carbons (Fsp3) is 0.241. The molecule has 12 nitrogen and oxygen atoms in total. The summed E-state index contributed by atoms with van der Waals surface area (Å²) in [6.07, 6.45) is 0.621. The van der Waals surface area contributed by atoms with Gasteiger partial charge in [-0.05, 0) is 48.9 Å². The summed E-state index contributed by atoms with van der Waals surface area (Å²) in [5.74, 6) is -2.44. The summed E-state index contributed by atoms with van der Waals surface area (Å²) in [6, 6.07) is 14.5. The Morgan fingerprint density at radius 2 is 1.91 bits per heavy atom. The number of carbonyl (C=O) groups excluding carboxylic acids is 2. The van der Waals surface area contributed by atoms with Crippen LogP contribution in [0.25, 0.3) is 16.9 Å². The molecule has 0 unspecified atom stereocenters. The van der Waals surface area contributed by atoms with Crippen LogP contribution in [0.2, 0.25) is 0 Å². The van der Waals surface area contributed by atoms with Crippen LogP contribution < -0.4 is 16.1 Å². The van der Waals surface area contributed by atoms with E-state index in [4.69, 9.17) is 19.9 Å². The van der Waals surface area contributed by atoms with Crippen LogP contribution >= 0.6 is 0 Å². The zero-order valence-corrected chi connectivity index (χ0v) is 23.3. The molecule has 0 bridgehead atoms. The van der Waals surface area contributed by atoms with Crippen molar-refractivity contribution in [3.05, 3.63) is 95.3 Å². The number of rotatable bonds is 9. The third kappa shape index (κ3) is 6.52. The molecular formula is C29H29F2N7O5. The number of aromatic nitrogens is 3. The first-order valence-electron chi connectivity index (χ1n) is 13.3. The number of para-hydroxylation sites is 1. The molecule has 5 rings (SSSR count). The van der Waals surface area contributed by atoms with Crippen LogP contribution in [0.15, 0.2) is 66.9 Å². The molecule has 0 aliphatic carbocycles. The molecule has 0 radical (unpaired) electrons. The summed E-state index contributed by atoms with van der Waals surface area (Å²) >= 11 is 0. The Kier molecular flexibility index (Phi) is 9.01. The zero-order chi connectivity index (χ0) is 30.5. The van der Waals surface area contributed by atoms with E-state index >= 15 is 0 Å². The minimum Gasteiger partial charge on any atom is -0.383 e. The maximum absolute atomic E-state index is 14.1. The number of pyridine rings is 1. The van der Waals surface area contributed by atoms with Gasteiger partial charge in [-0.1, -0.05) is 24.3 Å². The van der Waals surface area contributed by atoms with Crippen molar-refractivity contribution in [2.24, 2.45) is 0 Å². The monoisotopic (exact) mass is 593 g/mol. The number of methoxy groups -OCH3 is 1. The van der Waals surface area contributed by atoms with E-state index in [1.807, 2.05) is 30.3 Å². The molecule has 2 aromatic heterocycles. The van der Waals surface area contributed by atoms with E-state index in [2.05, 4.69) is 15.6 Å². The number of nitrogens with zero attached hydrogens (tertiary/aromatic N) is 4. The minimum absolute atomic E-state index is 0.0246. The summed E-state index contributed by atoms with van der Waals surface area (Å²) in [5.41, 5.74) is 4.13. The summed E-state index contributed by atoms with van der Waals surface area (Å²) in [6.45, 7) is 2.77. The van der Waals surface area contributed by atoms with Gasteiger partial charge in [0.15, 0.2) is 11.6 Å². The Labute approximate surface area is 245 Å². The van der Waals surface area contributed by atoms with E-state index < -0.39 is 35.7 Å². The third-order valence-electron chi connectivity index (χ3n) is 6.88. The smallest absolute Gasteiger partial charge is 0.320 e. The fourth-order valence-corrected chi connectivity index (χ4v) is 4.78. The van der Waals surface area contributed by atoms with Gasteiger partial charge in [0.2, 0.25) is 0 Å². The van der Waals surface area contributed by atoms with Gasteiger partial charge in [0.05, 0.1) is 24.0 Å². The lowest BCUT2D eigenvalue weighted by molar-refractivity contribution is -0.154. The Morgan fingerprint density at radius 1 is 1.12 bits per heavy atom. The second-order valence-electron chi connectivity index (χ2n) is 9.73. The highest BCUT2D eigenvalue weighted by molar-refractivity contribution is 5.93. The van der Waals surface area contributed by atoms with Crippen LogP contribution in [0.4, 0.5) is 19.4 Å². The number of urea groups is 1. The van der Waals surface area contributed by atoms with Gasteiger partial charge in [0, 0.05) is 37.5 Å². The lowest BCUT2D eigenvalue weighted by Gasteiger charge is -2.20. The molecule has 1 fully saturated rings. The number of amides is 3. The van der Waals surface area contributed by atoms with E-state index in [9.17, 15) is 18.4 Å². The van der Waals surface area contributed by atoms with Gasteiger partial charge >= 0.3 is 6.03 Å². The number of ether oxygens (including phenoxy) is 1. The highest BCUT2D eigenvalue weighted by Crippen LogP contribution is 2.32. The largest absolute Gasteiger partial charge is 0.383 e. The summed E-state index contributed by atoms with van der Waals surface area (Å²) in [7, 11) is 1.55. The molecule has 1 saturated heterocycles. The quantitative estimate of drug-likeness (QED) is 0.170. The predicted molar refractivity (Wildman–Crippen MR) is 150 cm³/mol. The van der Waals surface area contributed by atoms with Crippen molar-refractivity contribution in [1.82, 2.24) is 30.6 Å². The van der Waals surface area contributed by atoms with Crippen molar-refractivity contribution in [1.29, 1.82) is 0 Å². The van der Waals surface area contributed by atoms with Crippen LogP contribution in [0.1, 0.15) is 27.7 Å². The maximum Gasteiger partial charge on any atom is 0.320 e. The van der Waals surface area contributed by atoms with E-state index in [0.717, 1.165) is 12.1 Å². The lowest BCUT2D eigenvalue weighted by atomic mass is 10.0.